The number of aromatic nitrogens is 4. The third kappa shape index (κ3) is 1.59. The van der Waals surface area contributed by atoms with Crippen molar-refractivity contribution in [1.29, 1.82) is 0 Å². The van der Waals surface area contributed by atoms with Gasteiger partial charge in [-0.3, -0.25) is 4.57 Å². The molecule has 4 heterocycles. The molecule has 0 spiro atoms. The smallest absolute Gasteiger partial charge is 0.255 e. The quantitative estimate of drug-likeness (QED) is 0.418. The maximum Gasteiger partial charge on any atom is 0.276 e. The van der Waals surface area contributed by atoms with E-state index in [0.29, 0.717) is 12.1 Å². The van der Waals surface area contributed by atoms with Gasteiger partial charge in [0, 0.05) is 11.8 Å². The van der Waals surface area contributed by atoms with E-state index in [4.69, 9.17) is 4.11 Å². The third-order valence-electron chi connectivity index (χ3n) is 5.23. The highest BCUT2D eigenvalue weighted by atomic mass is 15.3. The van der Waals surface area contributed by atoms with E-state index in [-0.39, 0.29) is 0 Å². The third-order valence-corrected chi connectivity index (χ3v) is 5.23. The lowest BCUT2D eigenvalue weighted by atomic mass is 10.1. The second kappa shape index (κ2) is 4.82. The van der Waals surface area contributed by atoms with Gasteiger partial charge in [-0.15, -0.1) is 0 Å². The Kier molecular flexibility index (Phi) is 2.09. The first kappa shape index (κ1) is 11.3. The van der Waals surface area contributed by atoms with E-state index < -0.39 is 6.98 Å². The Balaban J connectivity index is 1.87. The summed E-state index contributed by atoms with van der Waals surface area (Å²) in [4.78, 5) is 4.62. The van der Waals surface area contributed by atoms with Crippen molar-refractivity contribution in [2.45, 2.75) is 6.54 Å². The monoisotopic (exact) mass is 340 g/mol. The van der Waals surface area contributed by atoms with Crippen molar-refractivity contribution in [3.63, 3.8) is 0 Å². The first-order chi connectivity index (χ1) is 14.1. The summed E-state index contributed by atoms with van der Waals surface area (Å²) in [6.45, 7) is -1.68. The van der Waals surface area contributed by atoms with Crippen molar-refractivity contribution in [3.05, 3.63) is 78.5 Å². The van der Waals surface area contributed by atoms with Crippen LogP contribution in [0, 0.1) is 0 Å². The Hall–Kier alpha value is -3.40. The Morgan fingerprint density at radius 1 is 1.00 bits per heavy atom. The fourth-order valence-electron chi connectivity index (χ4n) is 4.17. The van der Waals surface area contributed by atoms with Crippen LogP contribution in [-0.4, -0.2) is 14.1 Å². The van der Waals surface area contributed by atoms with Crippen LogP contribution in [0.5, 0.6) is 0 Å². The van der Waals surface area contributed by atoms with Crippen molar-refractivity contribution < 1.29 is 8.68 Å². The molecule has 26 heavy (non-hydrogen) atoms. The zero-order chi connectivity index (χ0) is 19.8. The summed E-state index contributed by atoms with van der Waals surface area (Å²) in [5, 5.41) is 0.835. The highest BCUT2D eigenvalue weighted by Crippen LogP contribution is 2.36. The summed E-state index contributed by atoms with van der Waals surface area (Å²) in [5.74, 6) is 0.723. The molecule has 0 saturated heterocycles. The molecule has 0 unspecified atom stereocenters. The standard InChI is InChI=1S/C22H17N4/c1-24-19-18-12-7-13-23-20(18)26(16-9-3-2-4-10-16)22(19)25-14-15-8-5-6-11-17(15)21(24)25/h2-13H,14H2,1H3/q+1/i1D3. The lowest BCUT2D eigenvalue weighted by molar-refractivity contribution is -0.648. The van der Waals surface area contributed by atoms with Crippen LogP contribution >= 0.6 is 0 Å². The molecule has 6 rings (SSSR count). The summed E-state index contributed by atoms with van der Waals surface area (Å²) in [6.07, 6.45) is 1.75. The predicted molar refractivity (Wildman–Crippen MR) is 102 cm³/mol. The highest BCUT2D eigenvalue weighted by molar-refractivity contribution is 6.04. The van der Waals surface area contributed by atoms with Crippen LogP contribution in [-0.2, 0) is 13.5 Å². The molecule has 4 nitrogen and oxygen atoms in total. The Morgan fingerprint density at radius 2 is 1.85 bits per heavy atom. The number of nitrogens with zero attached hydrogens (tertiary/aromatic N) is 4. The average molecular weight is 340 g/mol. The van der Waals surface area contributed by atoms with E-state index in [1.165, 1.54) is 4.57 Å². The minimum Gasteiger partial charge on any atom is -0.255 e. The van der Waals surface area contributed by atoms with Gasteiger partial charge in [-0.2, -0.15) is 0 Å². The molecule has 5 aromatic rings. The number of pyridine rings is 1. The Morgan fingerprint density at radius 3 is 2.73 bits per heavy atom. The number of imidazole rings is 1. The number of para-hydroxylation sites is 1. The second-order valence-electron chi connectivity index (χ2n) is 6.62. The van der Waals surface area contributed by atoms with Crippen molar-refractivity contribution in [2.24, 2.45) is 6.98 Å². The zero-order valence-corrected chi connectivity index (χ0v) is 13.9. The van der Waals surface area contributed by atoms with Gasteiger partial charge in [-0.1, -0.05) is 36.4 Å². The van der Waals surface area contributed by atoms with Crippen molar-refractivity contribution in [2.75, 3.05) is 0 Å². The number of aryl methyl sites for hydroxylation is 1. The van der Waals surface area contributed by atoms with Crippen LogP contribution in [0.15, 0.2) is 72.9 Å². The molecule has 0 radical (unpaired) electrons. The molecular weight excluding hydrogens is 320 g/mol. The van der Waals surface area contributed by atoms with E-state index in [9.17, 15) is 0 Å². The van der Waals surface area contributed by atoms with Gasteiger partial charge in [0.15, 0.2) is 5.52 Å². The van der Waals surface area contributed by atoms with Gasteiger partial charge in [-0.05, 0) is 30.3 Å². The number of fused-ring (bicyclic) bond motifs is 7. The van der Waals surface area contributed by atoms with Crippen LogP contribution in [0.2, 0.25) is 0 Å². The van der Waals surface area contributed by atoms with E-state index in [0.717, 1.165) is 39.3 Å². The van der Waals surface area contributed by atoms with Gasteiger partial charge in [0.25, 0.3) is 5.65 Å². The molecule has 0 N–H and O–H groups in total. The molecule has 0 atom stereocenters. The normalized spacial score (nSPS) is 14.8. The Bertz CT molecular complexity index is 1410. The maximum atomic E-state index is 8.32. The van der Waals surface area contributed by atoms with Gasteiger partial charge >= 0.3 is 0 Å². The molecule has 1 aliphatic rings. The molecule has 1 aliphatic heterocycles. The number of hydrogen-bond donors (Lipinski definition) is 0. The van der Waals surface area contributed by atoms with Gasteiger partial charge in [0.05, 0.1) is 28.6 Å². The van der Waals surface area contributed by atoms with Gasteiger partial charge in [0.2, 0.25) is 11.5 Å². The molecule has 0 fully saturated rings. The predicted octanol–water partition coefficient (Wildman–Crippen LogP) is 3.83. The van der Waals surface area contributed by atoms with E-state index >= 15 is 0 Å². The molecule has 124 valence electrons. The fraction of sp³-hybridized carbons (Fsp3) is 0.0909. The molecule has 4 heteroatoms. The maximum absolute atomic E-state index is 8.32. The second-order valence-corrected chi connectivity index (χ2v) is 6.62. The van der Waals surface area contributed by atoms with Crippen molar-refractivity contribution >= 4 is 22.2 Å². The number of benzene rings is 2. The van der Waals surface area contributed by atoms with Crippen LogP contribution in [0.25, 0.3) is 39.3 Å². The molecular formula is C22H17N4+. The van der Waals surface area contributed by atoms with Crippen molar-refractivity contribution in [1.82, 2.24) is 14.1 Å². The lowest BCUT2D eigenvalue weighted by Gasteiger charge is -2.02. The van der Waals surface area contributed by atoms with Crippen LogP contribution in [0.1, 0.15) is 9.68 Å². The molecule has 0 amide bonds. The van der Waals surface area contributed by atoms with E-state index in [2.05, 4.69) is 20.2 Å². The van der Waals surface area contributed by atoms with Gasteiger partial charge in [0.1, 0.15) is 5.69 Å². The summed E-state index contributed by atoms with van der Waals surface area (Å²) in [7, 11) is 0. The first-order valence-electron chi connectivity index (χ1n) is 10.1. The molecule has 2 aromatic carbocycles. The average Bonchev–Trinajstić information content (AvgIpc) is 3.34. The van der Waals surface area contributed by atoms with E-state index in [1.807, 2.05) is 60.7 Å². The van der Waals surface area contributed by atoms with Gasteiger partial charge < -0.3 is 0 Å². The Labute approximate surface area is 154 Å². The summed E-state index contributed by atoms with van der Waals surface area (Å²) >= 11 is 0. The molecule has 3 aromatic heterocycles. The summed E-state index contributed by atoms with van der Waals surface area (Å²) in [5.41, 5.74) is 5.36. The summed E-state index contributed by atoms with van der Waals surface area (Å²) < 4.78 is 30.7. The van der Waals surface area contributed by atoms with E-state index in [1.54, 1.807) is 6.20 Å². The zero-order valence-electron chi connectivity index (χ0n) is 16.9. The topological polar surface area (TPSA) is 26.6 Å². The summed E-state index contributed by atoms with van der Waals surface area (Å²) in [6, 6.07) is 21.8. The number of rotatable bonds is 1. The molecule has 0 bridgehead atoms. The van der Waals surface area contributed by atoms with Crippen molar-refractivity contribution in [3.8, 4) is 17.1 Å². The SMILES string of the molecule is [2H]C([2H])([2H])n1c2[n+](c3c1c1cccnc1n3-c1ccccc1)Cc1ccccc1-2. The minimum atomic E-state index is -2.32. The van der Waals surface area contributed by atoms with Crippen LogP contribution in [0.3, 0.4) is 0 Å². The van der Waals surface area contributed by atoms with Crippen LogP contribution in [0.4, 0.5) is 0 Å². The minimum absolute atomic E-state index is 0.633. The highest BCUT2D eigenvalue weighted by Gasteiger charge is 2.35. The lowest BCUT2D eigenvalue weighted by Crippen LogP contribution is -2.33. The van der Waals surface area contributed by atoms with Crippen LogP contribution < -0.4 is 4.57 Å². The number of hydrogen-bond acceptors (Lipinski definition) is 1. The first-order valence-corrected chi connectivity index (χ1v) is 8.63. The van der Waals surface area contributed by atoms with Gasteiger partial charge in [-0.25, -0.2) is 14.1 Å². The largest absolute Gasteiger partial charge is 0.276 e. The molecule has 0 aliphatic carbocycles. The fourth-order valence-corrected chi connectivity index (χ4v) is 4.17. The molecule has 0 saturated carbocycles.